The third-order valence-electron chi connectivity index (χ3n) is 2.77. The molecule has 0 bridgehead atoms. The van der Waals surface area contributed by atoms with Crippen molar-refractivity contribution >= 4 is 9.84 Å². The van der Waals surface area contributed by atoms with E-state index < -0.39 is 9.84 Å². The Labute approximate surface area is 79.0 Å². The highest BCUT2D eigenvalue weighted by atomic mass is 32.2. The van der Waals surface area contributed by atoms with Crippen molar-refractivity contribution in [2.75, 3.05) is 18.6 Å². The van der Waals surface area contributed by atoms with E-state index in [1.807, 2.05) is 0 Å². The minimum absolute atomic E-state index is 0.109. The van der Waals surface area contributed by atoms with Gasteiger partial charge in [0.1, 0.15) is 9.84 Å². The normalized spacial score (nSPS) is 34.2. The molecule has 1 aliphatic carbocycles. The van der Waals surface area contributed by atoms with Crippen molar-refractivity contribution in [3.8, 4) is 0 Å². The van der Waals surface area contributed by atoms with Crippen molar-refractivity contribution in [2.24, 2.45) is 11.1 Å². The highest BCUT2D eigenvalue weighted by Crippen LogP contribution is 2.43. The molecule has 0 aliphatic heterocycles. The van der Waals surface area contributed by atoms with Crippen LogP contribution in [0.15, 0.2) is 0 Å². The van der Waals surface area contributed by atoms with Crippen LogP contribution in [0.1, 0.15) is 19.3 Å². The highest BCUT2D eigenvalue weighted by molar-refractivity contribution is 7.90. The molecule has 1 aliphatic rings. The molecule has 5 heteroatoms. The van der Waals surface area contributed by atoms with E-state index in [9.17, 15) is 8.42 Å². The van der Waals surface area contributed by atoms with Gasteiger partial charge in [-0.15, -0.1) is 0 Å². The second-order valence-corrected chi connectivity index (χ2v) is 6.41. The second kappa shape index (κ2) is 3.55. The van der Waals surface area contributed by atoms with E-state index in [2.05, 4.69) is 0 Å². The number of hydrogen-bond acceptors (Lipinski definition) is 4. The molecule has 0 unspecified atom stereocenters. The standard InChI is InChI=1S/C8H17NO3S/c1-13(11,12)3-2-8(6-9)4-7(10)5-8/h7,10H,2-6,9H2,1H3. The summed E-state index contributed by atoms with van der Waals surface area (Å²) in [6.07, 6.45) is 2.84. The monoisotopic (exact) mass is 207 g/mol. The molecular formula is C8H17NO3S. The van der Waals surface area contributed by atoms with Crippen LogP contribution < -0.4 is 5.73 Å². The third-order valence-corrected chi connectivity index (χ3v) is 3.72. The second-order valence-electron chi connectivity index (χ2n) is 4.15. The van der Waals surface area contributed by atoms with Crippen molar-refractivity contribution < 1.29 is 13.5 Å². The van der Waals surface area contributed by atoms with Crippen molar-refractivity contribution in [1.82, 2.24) is 0 Å². The Morgan fingerprint density at radius 3 is 2.38 bits per heavy atom. The molecule has 0 radical (unpaired) electrons. The summed E-state index contributed by atoms with van der Waals surface area (Å²) in [6, 6.07) is 0. The lowest BCUT2D eigenvalue weighted by Crippen LogP contribution is -2.47. The maximum atomic E-state index is 10.9. The summed E-state index contributed by atoms with van der Waals surface area (Å²) in [5.41, 5.74) is 5.45. The zero-order valence-electron chi connectivity index (χ0n) is 7.86. The molecule has 0 amide bonds. The van der Waals surface area contributed by atoms with Crippen molar-refractivity contribution in [3.63, 3.8) is 0 Å². The largest absolute Gasteiger partial charge is 0.393 e. The summed E-state index contributed by atoms with van der Waals surface area (Å²) in [7, 11) is -2.90. The van der Waals surface area contributed by atoms with E-state index in [-0.39, 0.29) is 17.3 Å². The van der Waals surface area contributed by atoms with Gasteiger partial charge in [-0.2, -0.15) is 0 Å². The number of aliphatic hydroxyl groups is 1. The van der Waals surface area contributed by atoms with Crippen LogP contribution in [0.5, 0.6) is 0 Å². The number of aliphatic hydroxyl groups excluding tert-OH is 1. The predicted octanol–water partition coefficient (Wildman–Crippen LogP) is -0.479. The SMILES string of the molecule is CS(=O)(=O)CCC1(CN)CC(O)C1. The quantitative estimate of drug-likeness (QED) is 0.652. The molecule has 0 atom stereocenters. The van der Waals surface area contributed by atoms with Gasteiger partial charge in [0.05, 0.1) is 11.9 Å². The van der Waals surface area contributed by atoms with E-state index in [4.69, 9.17) is 10.8 Å². The summed E-state index contributed by atoms with van der Waals surface area (Å²) in [6.45, 7) is 0.472. The maximum Gasteiger partial charge on any atom is 0.147 e. The van der Waals surface area contributed by atoms with Crippen LogP contribution in [0.25, 0.3) is 0 Å². The summed E-state index contributed by atoms with van der Waals surface area (Å²) in [4.78, 5) is 0. The van der Waals surface area contributed by atoms with Crippen molar-refractivity contribution in [1.29, 1.82) is 0 Å². The number of sulfone groups is 1. The van der Waals surface area contributed by atoms with Crippen molar-refractivity contribution in [2.45, 2.75) is 25.4 Å². The maximum absolute atomic E-state index is 10.9. The van der Waals surface area contributed by atoms with E-state index in [1.165, 1.54) is 6.26 Å². The Kier molecular flexibility index (Phi) is 2.99. The molecule has 0 aromatic carbocycles. The van der Waals surface area contributed by atoms with Crippen molar-refractivity contribution in [3.05, 3.63) is 0 Å². The van der Waals surface area contributed by atoms with Crippen LogP contribution >= 0.6 is 0 Å². The molecule has 78 valence electrons. The molecule has 1 saturated carbocycles. The fraction of sp³-hybridized carbons (Fsp3) is 1.00. The Hall–Kier alpha value is -0.130. The van der Waals surface area contributed by atoms with E-state index >= 15 is 0 Å². The lowest BCUT2D eigenvalue weighted by Gasteiger charge is -2.44. The van der Waals surface area contributed by atoms with E-state index in [0.717, 1.165) is 0 Å². The molecule has 4 nitrogen and oxygen atoms in total. The van der Waals surface area contributed by atoms with Crippen LogP contribution in [-0.4, -0.2) is 38.2 Å². The minimum atomic E-state index is -2.90. The van der Waals surface area contributed by atoms with Gasteiger partial charge in [-0.05, 0) is 31.2 Å². The first-order valence-corrected chi connectivity index (χ1v) is 6.49. The average molecular weight is 207 g/mol. The Balaban J connectivity index is 2.43. The zero-order valence-corrected chi connectivity index (χ0v) is 8.68. The van der Waals surface area contributed by atoms with Gasteiger partial charge in [0, 0.05) is 6.26 Å². The predicted molar refractivity (Wildman–Crippen MR) is 51.1 cm³/mol. The van der Waals surface area contributed by atoms with Gasteiger partial charge in [-0.3, -0.25) is 0 Å². The molecule has 0 heterocycles. The first kappa shape index (κ1) is 10.9. The molecule has 0 saturated heterocycles. The lowest BCUT2D eigenvalue weighted by molar-refractivity contribution is -0.0280. The minimum Gasteiger partial charge on any atom is -0.393 e. The van der Waals surface area contributed by atoms with Gasteiger partial charge in [0.2, 0.25) is 0 Å². The van der Waals surface area contributed by atoms with Crippen LogP contribution in [0.3, 0.4) is 0 Å². The first-order chi connectivity index (χ1) is 5.87. The van der Waals surface area contributed by atoms with Gasteiger partial charge >= 0.3 is 0 Å². The summed E-state index contributed by atoms with van der Waals surface area (Å²) in [5, 5.41) is 9.14. The van der Waals surface area contributed by atoms with Gasteiger partial charge in [-0.1, -0.05) is 0 Å². The molecule has 0 aromatic heterocycles. The Morgan fingerprint density at radius 2 is 2.08 bits per heavy atom. The van der Waals surface area contributed by atoms with Crippen LogP contribution in [-0.2, 0) is 9.84 Å². The molecule has 3 N–H and O–H groups in total. The van der Waals surface area contributed by atoms with Crippen LogP contribution in [0, 0.1) is 5.41 Å². The van der Waals surface area contributed by atoms with E-state index in [1.54, 1.807) is 0 Å². The fourth-order valence-corrected chi connectivity index (χ4v) is 2.62. The lowest BCUT2D eigenvalue weighted by atomic mass is 9.65. The Morgan fingerprint density at radius 1 is 1.54 bits per heavy atom. The highest BCUT2D eigenvalue weighted by Gasteiger charge is 2.42. The number of nitrogens with two attached hydrogens (primary N) is 1. The molecule has 1 rings (SSSR count). The zero-order chi connectivity index (χ0) is 10.1. The topological polar surface area (TPSA) is 80.4 Å². The van der Waals surface area contributed by atoms with Gasteiger partial charge in [-0.25, -0.2) is 8.42 Å². The average Bonchev–Trinajstić information content (AvgIpc) is 1.94. The summed E-state index contributed by atoms with van der Waals surface area (Å²) < 4.78 is 21.8. The Bertz CT molecular complexity index is 267. The summed E-state index contributed by atoms with van der Waals surface area (Å²) in [5.74, 6) is 0.177. The van der Waals surface area contributed by atoms with E-state index in [0.29, 0.717) is 25.8 Å². The number of hydrogen-bond donors (Lipinski definition) is 2. The first-order valence-electron chi connectivity index (χ1n) is 4.43. The van der Waals surface area contributed by atoms with Gasteiger partial charge < -0.3 is 10.8 Å². The summed E-state index contributed by atoms with van der Waals surface area (Å²) >= 11 is 0. The number of rotatable bonds is 4. The third kappa shape index (κ3) is 2.93. The van der Waals surface area contributed by atoms with Gasteiger partial charge in [0.15, 0.2) is 0 Å². The molecule has 13 heavy (non-hydrogen) atoms. The molecular weight excluding hydrogens is 190 g/mol. The smallest absolute Gasteiger partial charge is 0.147 e. The molecule has 0 spiro atoms. The molecule has 0 aromatic rings. The fourth-order valence-electron chi connectivity index (χ4n) is 1.81. The van der Waals surface area contributed by atoms with Gasteiger partial charge in [0.25, 0.3) is 0 Å². The molecule has 1 fully saturated rings. The van der Waals surface area contributed by atoms with Crippen LogP contribution in [0.4, 0.5) is 0 Å². The van der Waals surface area contributed by atoms with Crippen LogP contribution in [0.2, 0.25) is 0 Å².